The summed E-state index contributed by atoms with van der Waals surface area (Å²) < 4.78 is 11.0. The molecule has 1 aromatic carbocycles. The molecule has 1 rings (SSSR count). The highest BCUT2D eigenvalue weighted by Gasteiger charge is 2.21. The number of unbranched alkanes of at least 4 members (excludes halogenated alkanes) is 2. The van der Waals surface area contributed by atoms with Crippen LogP contribution in [0.2, 0.25) is 5.54 Å². The SMILES string of the molecule is CCC(CCCCC=Cc1ccccc1)[SiH](OC)OC. The third kappa shape index (κ3) is 6.50. The summed E-state index contributed by atoms with van der Waals surface area (Å²) >= 11 is 0. The van der Waals surface area contributed by atoms with E-state index >= 15 is 0 Å². The van der Waals surface area contributed by atoms with Crippen LogP contribution in [-0.2, 0) is 8.85 Å². The maximum absolute atomic E-state index is 5.49. The Balaban J connectivity index is 2.19. The summed E-state index contributed by atoms with van der Waals surface area (Å²) in [5.41, 5.74) is 1.92. The second-order valence-electron chi connectivity index (χ2n) is 5.11. The molecule has 3 heteroatoms. The summed E-state index contributed by atoms with van der Waals surface area (Å²) in [6.07, 6.45) is 10.5. The molecule has 0 aliphatic heterocycles. The minimum absolute atomic E-state index is 0.642. The van der Waals surface area contributed by atoms with Crippen molar-refractivity contribution in [1.29, 1.82) is 0 Å². The number of hydrogen-bond donors (Lipinski definition) is 0. The van der Waals surface area contributed by atoms with Crippen molar-refractivity contribution in [2.75, 3.05) is 14.2 Å². The lowest BCUT2D eigenvalue weighted by Crippen LogP contribution is -2.25. The van der Waals surface area contributed by atoms with Crippen molar-refractivity contribution in [3.8, 4) is 0 Å². The number of rotatable bonds is 10. The lowest BCUT2D eigenvalue weighted by molar-refractivity contribution is 0.260. The van der Waals surface area contributed by atoms with E-state index in [-0.39, 0.29) is 0 Å². The van der Waals surface area contributed by atoms with Crippen molar-refractivity contribution in [3.05, 3.63) is 42.0 Å². The lowest BCUT2D eigenvalue weighted by atomic mass is 10.1. The highest BCUT2D eigenvalue weighted by Crippen LogP contribution is 2.23. The molecule has 0 radical (unpaired) electrons. The van der Waals surface area contributed by atoms with E-state index in [4.69, 9.17) is 8.85 Å². The van der Waals surface area contributed by atoms with Crippen LogP contribution >= 0.6 is 0 Å². The van der Waals surface area contributed by atoms with Gasteiger partial charge in [-0.05, 0) is 30.4 Å². The van der Waals surface area contributed by atoms with Gasteiger partial charge in [-0.15, -0.1) is 0 Å². The molecule has 1 atom stereocenters. The number of hydrogen-bond acceptors (Lipinski definition) is 2. The molecule has 0 fully saturated rings. The zero-order valence-corrected chi connectivity index (χ0v) is 14.2. The van der Waals surface area contributed by atoms with Gasteiger partial charge in [0.05, 0.1) is 0 Å². The van der Waals surface area contributed by atoms with E-state index in [0.717, 1.165) is 6.42 Å². The summed E-state index contributed by atoms with van der Waals surface area (Å²) in [4.78, 5) is 0. The number of allylic oxidation sites excluding steroid dienone is 1. The Labute approximate surface area is 125 Å². The third-order valence-corrected chi connectivity index (χ3v) is 6.18. The van der Waals surface area contributed by atoms with Gasteiger partial charge in [0, 0.05) is 14.2 Å². The highest BCUT2D eigenvalue weighted by molar-refractivity contribution is 6.46. The fourth-order valence-corrected chi connectivity index (χ4v) is 4.32. The molecule has 0 heterocycles. The topological polar surface area (TPSA) is 18.5 Å². The Hall–Kier alpha value is -0.903. The fourth-order valence-electron chi connectivity index (χ4n) is 2.47. The summed E-state index contributed by atoms with van der Waals surface area (Å²) in [6, 6.07) is 10.5. The summed E-state index contributed by atoms with van der Waals surface area (Å²) in [7, 11) is 2.13. The molecule has 1 unspecified atom stereocenters. The number of benzene rings is 1. The van der Waals surface area contributed by atoms with E-state index in [1.807, 2.05) is 6.07 Å². The zero-order valence-electron chi connectivity index (χ0n) is 13.0. The van der Waals surface area contributed by atoms with Crippen molar-refractivity contribution >= 4 is 15.4 Å². The minimum Gasteiger partial charge on any atom is -0.400 e. The third-order valence-electron chi connectivity index (χ3n) is 3.68. The van der Waals surface area contributed by atoms with E-state index in [0.29, 0.717) is 5.54 Å². The van der Waals surface area contributed by atoms with E-state index in [1.54, 1.807) is 14.2 Å². The summed E-state index contributed by atoms with van der Waals surface area (Å²) in [6.45, 7) is 2.23. The van der Waals surface area contributed by atoms with Gasteiger partial charge in [0.25, 0.3) is 0 Å². The molecule has 0 spiro atoms. The smallest absolute Gasteiger partial charge is 0.324 e. The van der Waals surface area contributed by atoms with E-state index in [1.165, 1.54) is 31.2 Å². The largest absolute Gasteiger partial charge is 0.400 e. The predicted molar refractivity (Wildman–Crippen MR) is 89.2 cm³/mol. The average molecular weight is 292 g/mol. The quantitative estimate of drug-likeness (QED) is 0.465. The fraction of sp³-hybridized carbons (Fsp3) is 0.529. The molecule has 0 bridgehead atoms. The first-order valence-electron chi connectivity index (χ1n) is 7.59. The molecule has 0 aliphatic carbocycles. The van der Waals surface area contributed by atoms with Crippen LogP contribution in [0, 0.1) is 0 Å². The Morgan fingerprint density at radius 3 is 2.40 bits per heavy atom. The van der Waals surface area contributed by atoms with Crippen molar-refractivity contribution in [2.24, 2.45) is 0 Å². The van der Waals surface area contributed by atoms with Gasteiger partial charge in [0.1, 0.15) is 0 Å². The van der Waals surface area contributed by atoms with Crippen LogP contribution in [0.3, 0.4) is 0 Å². The maximum Gasteiger partial charge on any atom is 0.324 e. The molecule has 0 aliphatic rings. The minimum atomic E-state index is -1.43. The van der Waals surface area contributed by atoms with Crippen molar-refractivity contribution in [1.82, 2.24) is 0 Å². The molecule has 112 valence electrons. The first-order chi connectivity index (χ1) is 9.81. The first-order valence-corrected chi connectivity index (χ1v) is 9.20. The van der Waals surface area contributed by atoms with Crippen LogP contribution in [0.25, 0.3) is 6.08 Å². The van der Waals surface area contributed by atoms with Gasteiger partial charge < -0.3 is 8.85 Å². The lowest BCUT2D eigenvalue weighted by Gasteiger charge is -2.21. The summed E-state index contributed by atoms with van der Waals surface area (Å²) in [5.74, 6) is 0. The molecule has 2 nitrogen and oxygen atoms in total. The van der Waals surface area contributed by atoms with E-state index in [9.17, 15) is 0 Å². The second kappa shape index (κ2) is 10.8. The highest BCUT2D eigenvalue weighted by atomic mass is 28.3. The first kappa shape index (κ1) is 17.1. The van der Waals surface area contributed by atoms with Crippen LogP contribution in [0.1, 0.15) is 44.6 Å². The Bertz CT molecular complexity index is 361. The molecule has 1 aromatic rings. The van der Waals surface area contributed by atoms with Crippen LogP contribution in [0.15, 0.2) is 36.4 Å². The van der Waals surface area contributed by atoms with Crippen LogP contribution in [0.5, 0.6) is 0 Å². The molecule has 0 N–H and O–H groups in total. The van der Waals surface area contributed by atoms with E-state index < -0.39 is 9.28 Å². The van der Waals surface area contributed by atoms with Crippen LogP contribution < -0.4 is 0 Å². The second-order valence-corrected chi connectivity index (χ2v) is 7.73. The predicted octanol–water partition coefficient (Wildman–Crippen LogP) is 4.55. The molecule has 0 amide bonds. The zero-order chi connectivity index (χ0) is 14.6. The van der Waals surface area contributed by atoms with Gasteiger partial charge in [-0.2, -0.15) is 0 Å². The molecule has 0 saturated carbocycles. The summed E-state index contributed by atoms with van der Waals surface area (Å²) in [5, 5.41) is 0. The Morgan fingerprint density at radius 1 is 1.10 bits per heavy atom. The van der Waals surface area contributed by atoms with Gasteiger partial charge in [-0.3, -0.25) is 0 Å². The maximum atomic E-state index is 5.49. The van der Waals surface area contributed by atoms with Crippen molar-refractivity contribution in [2.45, 2.75) is 44.6 Å². The molecular formula is C17H28O2Si. The molecule has 0 aromatic heterocycles. The molecule has 20 heavy (non-hydrogen) atoms. The van der Waals surface area contributed by atoms with Gasteiger partial charge >= 0.3 is 9.28 Å². The van der Waals surface area contributed by atoms with Crippen molar-refractivity contribution < 1.29 is 8.85 Å². The Morgan fingerprint density at radius 2 is 1.80 bits per heavy atom. The van der Waals surface area contributed by atoms with Crippen LogP contribution in [0.4, 0.5) is 0 Å². The van der Waals surface area contributed by atoms with Gasteiger partial charge in [0.2, 0.25) is 0 Å². The van der Waals surface area contributed by atoms with Crippen molar-refractivity contribution in [3.63, 3.8) is 0 Å². The van der Waals surface area contributed by atoms with Gasteiger partial charge in [-0.1, -0.05) is 62.2 Å². The van der Waals surface area contributed by atoms with Gasteiger partial charge in [0.15, 0.2) is 0 Å². The standard InChI is InChI=1S/C17H28O2Si/c1-4-17(20(18-2)19-3)15-11-6-5-8-12-16-13-9-7-10-14-16/h7-10,12-14,17,20H,4-6,11,15H2,1-3H3. The van der Waals surface area contributed by atoms with Crippen LogP contribution in [-0.4, -0.2) is 23.5 Å². The monoisotopic (exact) mass is 292 g/mol. The molecule has 0 saturated heterocycles. The average Bonchev–Trinajstić information content (AvgIpc) is 2.50. The molecular weight excluding hydrogens is 264 g/mol. The van der Waals surface area contributed by atoms with E-state index in [2.05, 4.69) is 43.3 Å². The normalized spacial score (nSPS) is 13.2. The van der Waals surface area contributed by atoms with Gasteiger partial charge in [-0.25, -0.2) is 0 Å². The Kier molecular flexibility index (Phi) is 9.29.